The lowest BCUT2D eigenvalue weighted by atomic mass is 10.4. The van der Waals surface area contributed by atoms with Gasteiger partial charge in [0, 0.05) is 24.8 Å². The summed E-state index contributed by atoms with van der Waals surface area (Å²) in [6.45, 7) is 6.40. The lowest BCUT2D eigenvalue weighted by molar-refractivity contribution is 0.589. The van der Waals surface area contributed by atoms with Crippen LogP contribution in [0.5, 0.6) is 0 Å². The predicted molar refractivity (Wildman–Crippen MR) is 84.7 cm³/mol. The Morgan fingerprint density at radius 1 is 1.14 bits per heavy atom. The smallest absolute Gasteiger partial charge is 0.208 e. The molecule has 0 fully saturated rings. The molecular weight excluding hydrogens is 304 g/mol. The number of nitrogens with zero attached hydrogens (tertiary/aromatic N) is 4. The number of aromatic nitrogens is 4. The molecule has 0 aliphatic rings. The zero-order chi connectivity index (χ0) is 16.3. The van der Waals surface area contributed by atoms with Gasteiger partial charge in [-0.15, -0.1) is 0 Å². The van der Waals surface area contributed by atoms with E-state index in [1.165, 1.54) is 0 Å². The molecule has 2 N–H and O–H groups in total. The summed E-state index contributed by atoms with van der Waals surface area (Å²) in [5.74, 6) is 1.92. The Hall–Kier alpha value is -2.00. The summed E-state index contributed by atoms with van der Waals surface area (Å²) in [6.07, 6.45) is 1.13. The Balaban J connectivity index is 2.12. The Bertz CT molecular complexity index is 769. The van der Waals surface area contributed by atoms with Gasteiger partial charge in [0.25, 0.3) is 0 Å². The molecule has 2 aromatic rings. The van der Waals surface area contributed by atoms with E-state index >= 15 is 0 Å². The zero-order valence-electron chi connectivity index (χ0n) is 13.1. The van der Waals surface area contributed by atoms with Crippen LogP contribution in [-0.2, 0) is 10.0 Å². The minimum atomic E-state index is -3.18. The van der Waals surface area contributed by atoms with Gasteiger partial charge in [-0.1, -0.05) is 0 Å². The maximum absolute atomic E-state index is 11.0. The van der Waals surface area contributed by atoms with Crippen LogP contribution in [0.1, 0.15) is 17.2 Å². The lowest BCUT2D eigenvalue weighted by Gasteiger charge is -2.09. The van der Waals surface area contributed by atoms with Crippen LogP contribution in [0, 0.1) is 20.8 Å². The second-order valence-electron chi connectivity index (χ2n) is 5.09. The summed E-state index contributed by atoms with van der Waals surface area (Å²) in [6, 6.07) is 3.76. The summed E-state index contributed by atoms with van der Waals surface area (Å²) in [4.78, 5) is 8.67. The molecule has 2 aromatic heterocycles. The second kappa shape index (κ2) is 6.41. The minimum Gasteiger partial charge on any atom is -0.369 e. The molecule has 0 bridgehead atoms. The quantitative estimate of drug-likeness (QED) is 0.752. The lowest BCUT2D eigenvalue weighted by Crippen LogP contribution is -2.27. The third kappa shape index (κ3) is 4.50. The van der Waals surface area contributed by atoms with Crippen LogP contribution in [0.4, 0.5) is 5.82 Å². The molecule has 2 heterocycles. The molecule has 22 heavy (non-hydrogen) atoms. The topological polar surface area (TPSA) is 102 Å². The van der Waals surface area contributed by atoms with Gasteiger partial charge in [-0.3, -0.25) is 0 Å². The largest absolute Gasteiger partial charge is 0.369 e. The third-order valence-electron chi connectivity index (χ3n) is 2.85. The number of rotatable bonds is 6. The highest BCUT2D eigenvalue weighted by atomic mass is 32.2. The number of aryl methyl sites for hydroxylation is 3. The monoisotopic (exact) mass is 324 g/mol. The van der Waals surface area contributed by atoms with E-state index < -0.39 is 10.0 Å². The van der Waals surface area contributed by atoms with Crippen molar-refractivity contribution in [1.29, 1.82) is 0 Å². The Labute approximate surface area is 130 Å². The van der Waals surface area contributed by atoms with Crippen molar-refractivity contribution in [3.63, 3.8) is 0 Å². The molecule has 0 aliphatic carbocycles. The average molecular weight is 324 g/mol. The first kappa shape index (κ1) is 16.4. The van der Waals surface area contributed by atoms with Crippen LogP contribution in [0.3, 0.4) is 0 Å². The Kier molecular flexibility index (Phi) is 4.77. The molecule has 0 amide bonds. The first-order valence-corrected chi connectivity index (χ1v) is 8.71. The molecule has 9 heteroatoms. The molecule has 0 radical (unpaired) electrons. The number of anilines is 1. The van der Waals surface area contributed by atoms with E-state index in [1.54, 1.807) is 17.7 Å². The van der Waals surface area contributed by atoms with Crippen molar-refractivity contribution in [1.82, 2.24) is 24.5 Å². The minimum absolute atomic E-state index is 0.289. The molecule has 0 spiro atoms. The van der Waals surface area contributed by atoms with E-state index in [1.807, 2.05) is 19.9 Å². The highest BCUT2D eigenvalue weighted by molar-refractivity contribution is 7.88. The van der Waals surface area contributed by atoms with Crippen molar-refractivity contribution in [3.05, 3.63) is 29.3 Å². The number of nitrogens with one attached hydrogen (secondary N) is 2. The Morgan fingerprint density at radius 2 is 1.86 bits per heavy atom. The fourth-order valence-electron chi connectivity index (χ4n) is 2.04. The van der Waals surface area contributed by atoms with E-state index in [9.17, 15) is 8.42 Å². The van der Waals surface area contributed by atoms with Crippen LogP contribution in [-0.4, -0.2) is 47.5 Å². The summed E-state index contributed by atoms with van der Waals surface area (Å²) in [7, 11) is -3.18. The molecule has 0 atom stereocenters. The highest BCUT2D eigenvalue weighted by Crippen LogP contribution is 2.13. The first-order chi connectivity index (χ1) is 10.2. The number of hydrogen-bond donors (Lipinski definition) is 2. The van der Waals surface area contributed by atoms with Crippen molar-refractivity contribution < 1.29 is 8.42 Å². The van der Waals surface area contributed by atoms with Gasteiger partial charge in [0.1, 0.15) is 11.6 Å². The van der Waals surface area contributed by atoms with Gasteiger partial charge < -0.3 is 5.32 Å². The summed E-state index contributed by atoms with van der Waals surface area (Å²) < 4.78 is 26.2. The normalized spacial score (nSPS) is 11.6. The van der Waals surface area contributed by atoms with Crippen LogP contribution < -0.4 is 10.0 Å². The van der Waals surface area contributed by atoms with Crippen molar-refractivity contribution >= 4 is 15.8 Å². The van der Waals surface area contributed by atoms with Gasteiger partial charge >= 0.3 is 0 Å². The van der Waals surface area contributed by atoms with Gasteiger partial charge in [0.15, 0.2) is 5.82 Å². The summed E-state index contributed by atoms with van der Waals surface area (Å²) in [5.41, 5.74) is 1.90. The van der Waals surface area contributed by atoms with E-state index in [0.29, 0.717) is 24.0 Å². The van der Waals surface area contributed by atoms with E-state index in [4.69, 9.17) is 0 Å². The van der Waals surface area contributed by atoms with Gasteiger partial charge in [0.2, 0.25) is 10.0 Å². The van der Waals surface area contributed by atoms with E-state index in [2.05, 4.69) is 25.1 Å². The first-order valence-electron chi connectivity index (χ1n) is 6.82. The van der Waals surface area contributed by atoms with Crippen molar-refractivity contribution in [2.24, 2.45) is 0 Å². The molecule has 0 aromatic carbocycles. The number of hydrogen-bond acceptors (Lipinski definition) is 6. The van der Waals surface area contributed by atoms with Crippen LogP contribution in [0.25, 0.3) is 5.82 Å². The zero-order valence-corrected chi connectivity index (χ0v) is 13.9. The highest BCUT2D eigenvalue weighted by Gasteiger charge is 2.08. The van der Waals surface area contributed by atoms with Crippen LogP contribution >= 0.6 is 0 Å². The Morgan fingerprint density at radius 3 is 2.45 bits per heavy atom. The van der Waals surface area contributed by atoms with Crippen LogP contribution in [0.2, 0.25) is 0 Å². The third-order valence-corrected chi connectivity index (χ3v) is 3.57. The van der Waals surface area contributed by atoms with Gasteiger partial charge in [-0.05, 0) is 26.8 Å². The molecule has 120 valence electrons. The maximum atomic E-state index is 11.0. The second-order valence-corrected chi connectivity index (χ2v) is 6.92. The number of sulfonamides is 1. The predicted octanol–water partition coefficient (Wildman–Crippen LogP) is 0.549. The molecule has 0 unspecified atom stereocenters. The molecule has 8 nitrogen and oxygen atoms in total. The van der Waals surface area contributed by atoms with Crippen molar-refractivity contribution in [2.45, 2.75) is 20.8 Å². The van der Waals surface area contributed by atoms with Gasteiger partial charge in [-0.2, -0.15) is 5.10 Å². The summed E-state index contributed by atoms with van der Waals surface area (Å²) >= 11 is 0. The molecule has 0 saturated carbocycles. The SMILES string of the molecule is Cc1cc(C)n(-c2cc(NCCNS(C)(=O)=O)nc(C)n2)n1. The molecule has 2 rings (SSSR count). The van der Waals surface area contributed by atoms with E-state index in [0.717, 1.165) is 17.6 Å². The molecule has 0 saturated heterocycles. The summed E-state index contributed by atoms with van der Waals surface area (Å²) in [5, 5.41) is 7.47. The van der Waals surface area contributed by atoms with Crippen molar-refractivity contribution in [3.8, 4) is 5.82 Å². The van der Waals surface area contributed by atoms with E-state index in [-0.39, 0.29) is 6.54 Å². The molecular formula is C13H20N6O2S. The maximum Gasteiger partial charge on any atom is 0.208 e. The van der Waals surface area contributed by atoms with Gasteiger partial charge in [-0.25, -0.2) is 27.8 Å². The van der Waals surface area contributed by atoms with Gasteiger partial charge in [0.05, 0.1) is 11.9 Å². The van der Waals surface area contributed by atoms with Crippen molar-refractivity contribution in [2.75, 3.05) is 24.7 Å². The standard InChI is InChI=1S/C13H20N6O2S/c1-9-7-10(2)19(18-9)13-8-12(16-11(3)17-13)14-5-6-15-22(4,20)21/h7-8,15H,5-6H2,1-4H3,(H,14,16,17). The fourth-order valence-corrected chi connectivity index (χ4v) is 2.51. The van der Waals surface area contributed by atoms with Crippen LogP contribution in [0.15, 0.2) is 12.1 Å². The average Bonchev–Trinajstić information content (AvgIpc) is 2.72. The molecule has 0 aliphatic heterocycles. The fraction of sp³-hybridized carbons (Fsp3) is 0.462.